The number of hydrogen-bond acceptors (Lipinski definition) is 4. The molecule has 0 spiro atoms. The summed E-state index contributed by atoms with van der Waals surface area (Å²) in [4.78, 5) is 21.0. The fourth-order valence-electron chi connectivity index (χ4n) is 3.46. The minimum absolute atomic E-state index is 0. The molecule has 0 bridgehead atoms. The highest BCUT2D eigenvalue weighted by Crippen LogP contribution is 2.25. The van der Waals surface area contributed by atoms with E-state index >= 15 is 0 Å². The minimum atomic E-state index is 0. The molecule has 2 heterocycles. The molecule has 5 nitrogen and oxygen atoms in total. The summed E-state index contributed by atoms with van der Waals surface area (Å²) in [6.07, 6.45) is 4.65. The maximum atomic E-state index is 12.4. The molecule has 1 unspecified atom stereocenters. The van der Waals surface area contributed by atoms with E-state index in [0.29, 0.717) is 18.3 Å². The molecule has 1 fully saturated rings. The van der Waals surface area contributed by atoms with Crippen LogP contribution < -0.4 is 10.6 Å². The quantitative estimate of drug-likeness (QED) is 0.834. The highest BCUT2D eigenvalue weighted by Gasteiger charge is 2.22. The Morgan fingerprint density at radius 3 is 2.81 bits per heavy atom. The number of aryl methyl sites for hydroxylation is 1. The Morgan fingerprint density at radius 2 is 2.08 bits per heavy atom. The van der Waals surface area contributed by atoms with Gasteiger partial charge in [0.25, 0.3) is 0 Å². The summed E-state index contributed by atoms with van der Waals surface area (Å²) in [7, 11) is 0. The Balaban J connectivity index is 0.00000243. The molecule has 0 radical (unpaired) electrons. The largest absolute Gasteiger partial charge is 0.326 e. The minimum Gasteiger partial charge on any atom is -0.326 e. The fourth-order valence-corrected chi connectivity index (χ4v) is 3.46. The van der Waals surface area contributed by atoms with Crippen LogP contribution in [0.1, 0.15) is 32.0 Å². The summed E-state index contributed by atoms with van der Waals surface area (Å²) in [5, 5.41) is 6.42. The Morgan fingerprint density at radius 1 is 1.31 bits per heavy atom. The molecule has 1 aromatic heterocycles. The van der Waals surface area contributed by atoms with E-state index in [9.17, 15) is 4.79 Å². The van der Waals surface area contributed by atoms with Crippen molar-refractivity contribution in [2.24, 2.45) is 11.8 Å². The van der Waals surface area contributed by atoms with Gasteiger partial charge in [-0.25, -0.2) is 9.97 Å². The molecule has 6 heteroatoms. The Kier molecular flexibility index (Phi) is 7.54. The number of anilines is 1. The van der Waals surface area contributed by atoms with Gasteiger partial charge in [0.15, 0.2) is 0 Å². The number of piperidine rings is 1. The average Bonchev–Trinajstić information content (AvgIpc) is 2.62. The van der Waals surface area contributed by atoms with Crippen LogP contribution in [0, 0.1) is 18.8 Å². The first-order chi connectivity index (χ1) is 12.1. The number of hydrogen-bond donors (Lipinski definition) is 2. The third-order valence-corrected chi connectivity index (χ3v) is 4.91. The van der Waals surface area contributed by atoms with Gasteiger partial charge >= 0.3 is 0 Å². The van der Waals surface area contributed by atoms with Gasteiger partial charge in [0.2, 0.25) is 5.91 Å². The van der Waals surface area contributed by atoms with Crippen molar-refractivity contribution in [2.75, 3.05) is 18.4 Å². The Labute approximate surface area is 161 Å². The summed E-state index contributed by atoms with van der Waals surface area (Å²) < 4.78 is 0. The second-order valence-electron chi connectivity index (χ2n) is 6.89. The Bertz CT molecular complexity index is 731. The van der Waals surface area contributed by atoms with Crippen molar-refractivity contribution in [3.8, 4) is 11.3 Å². The molecular formula is C20H27ClN4O. The van der Waals surface area contributed by atoms with Crippen molar-refractivity contribution in [1.82, 2.24) is 15.3 Å². The maximum absolute atomic E-state index is 12.4. The van der Waals surface area contributed by atoms with Crippen molar-refractivity contribution in [3.63, 3.8) is 0 Å². The lowest BCUT2D eigenvalue weighted by Gasteiger charge is -2.27. The summed E-state index contributed by atoms with van der Waals surface area (Å²) in [6, 6.07) is 9.71. The van der Waals surface area contributed by atoms with E-state index in [1.165, 1.54) is 0 Å². The van der Waals surface area contributed by atoms with E-state index in [2.05, 4.69) is 27.5 Å². The van der Waals surface area contributed by atoms with E-state index in [1.807, 2.05) is 37.3 Å². The van der Waals surface area contributed by atoms with Gasteiger partial charge in [0.05, 0.1) is 5.69 Å². The third kappa shape index (κ3) is 5.51. The van der Waals surface area contributed by atoms with E-state index < -0.39 is 0 Å². The van der Waals surface area contributed by atoms with Crippen LogP contribution >= 0.6 is 12.4 Å². The molecule has 2 N–H and O–H groups in total. The molecule has 2 aromatic rings. The summed E-state index contributed by atoms with van der Waals surface area (Å²) in [5.41, 5.74) is 2.66. The van der Waals surface area contributed by atoms with Crippen molar-refractivity contribution in [1.29, 1.82) is 0 Å². The van der Waals surface area contributed by atoms with E-state index in [-0.39, 0.29) is 18.3 Å². The smallest absolute Gasteiger partial charge is 0.224 e. The lowest BCUT2D eigenvalue weighted by atomic mass is 9.84. The number of rotatable bonds is 5. The average molecular weight is 375 g/mol. The molecule has 3 rings (SSSR count). The highest BCUT2D eigenvalue weighted by atomic mass is 35.5. The maximum Gasteiger partial charge on any atom is 0.224 e. The van der Waals surface area contributed by atoms with Crippen LogP contribution in [-0.4, -0.2) is 29.0 Å². The molecule has 1 atom stereocenters. The van der Waals surface area contributed by atoms with E-state index in [0.717, 1.165) is 48.7 Å². The Hall–Kier alpha value is -1.98. The number of nitrogens with zero attached hydrogens (tertiary/aromatic N) is 2. The monoisotopic (exact) mass is 374 g/mol. The molecule has 0 aliphatic carbocycles. The van der Waals surface area contributed by atoms with Gasteiger partial charge in [-0.1, -0.05) is 19.1 Å². The standard InChI is InChI=1S/C20H26N4O.ClH/c1-14(16-6-9-21-10-7-16)12-20(25)24-18-5-3-4-17(13-18)19-8-11-22-15(2)23-19;/h3-5,8,11,13-14,16,21H,6-7,9-10,12H2,1-2H3,(H,24,25);1H. The van der Waals surface area contributed by atoms with Gasteiger partial charge in [0, 0.05) is 23.9 Å². The normalized spacial score (nSPS) is 15.8. The summed E-state index contributed by atoms with van der Waals surface area (Å²) >= 11 is 0. The summed E-state index contributed by atoms with van der Waals surface area (Å²) in [5.74, 6) is 1.88. The molecule has 1 aromatic carbocycles. The number of halogens is 1. The van der Waals surface area contributed by atoms with E-state index in [1.54, 1.807) is 6.20 Å². The van der Waals surface area contributed by atoms with Gasteiger partial charge < -0.3 is 10.6 Å². The number of carbonyl (C=O) groups is 1. The number of carbonyl (C=O) groups excluding carboxylic acids is 1. The first kappa shape index (κ1) is 20.3. The molecule has 1 aliphatic rings. The zero-order valence-electron chi connectivity index (χ0n) is 15.4. The lowest BCUT2D eigenvalue weighted by molar-refractivity contribution is -0.117. The molecule has 26 heavy (non-hydrogen) atoms. The number of nitrogens with one attached hydrogen (secondary N) is 2. The van der Waals surface area contributed by atoms with Crippen molar-refractivity contribution >= 4 is 24.0 Å². The molecule has 1 aliphatic heterocycles. The molecule has 1 saturated heterocycles. The van der Waals surface area contributed by atoms with Crippen LogP contribution in [0.2, 0.25) is 0 Å². The molecule has 1 amide bonds. The predicted molar refractivity (Wildman–Crippen MR) is 107 cm³/mol. The molecule has 140 valence electrons. The van der Waals surface area contributed by atoms with Crippen molar-refractivity contribution in [3.05, 3.63) is 42.4 Å². The summed E-state index contributed by atoms with van der Waals surface area (Å²) in [6.45, 7) is 6.20. The van der Waals surface area contributed by atoms with Crippen LogP contribution in [0.4, 0.5) is 5.69 Å². The highest BCUT2D eigenvalue weighted by molar-refractivity contribution is 5.91. The number of benzene rings is 1. The van der Waals surface area contributed by atoms with Crippen LogP contribution in [-0.2, 0) is 4.79 Å². The SMILES string of the molecule is Cc1nccc(-c2cccc(NC(=O)CC(C)C3CCNCC3)c2)n1.Cl. The van der Waals surface area contributed by atoms with Crippen LogP contribution in [0.15, 0.2) is 36.5 Å². The van der Waals surface area contributed by atoms with Crippen LogP contribution in [0.3, 0.4) is 0 Å². The van der Waals surface area contributed by atoms with Gasteiger partial charge in [-0.15, -0.1) is 12.4 Å². The van der Waals surface area contributed by atoms with Gasteiger partial charge in [-0.3, -0.25) is 4.79 Å². The van der Waals surface area contributed by atoms with Gasteiger partial charge in [-0.05, 0) is 62.9 Å². The van der Waals surface area contributed by atoms with E-state index in [4.69, 9.17) is 0 Å². The lowest BCUT2D eigenvalue weighted by Crippen LogP contribution is -2.32. The van der Waals surface area contributed by atoms with Crippen molar-refractivity contribution < 1.29 is 4.79 Å². The number of aromatic nitrogens is 2. The fraction of sp³-hybridized carbons (Fsp3) is 0.450. The second-order valence-corrected chi connectivity index (χ2v) is 6.89. The van der Waals surface area contributed by atoms with Gasteiger partial charge in [-0.2, -0.15) is 0 Å². The first-order valence-corrected chi connectivity index (χ1v) is 9.02. The van der Waals surface area contributed by atoms with Crippen molar-refractivity contribution in [2.45, 2.75) is 33.1 Å². The second kappa shape index (κ2) is 9.64. The predicted octanol–water partition coefficient (Wildman–Crippen LogP) is 3.84. The zero-order chi connectivity index (χ0) is 17.6. The molecule has 0 saturated carbocycles. The zero-order valence-corrected chi connectivity index (χ0v) is 16.2. The number of amides is 1. The van der Waals surface area contributed by atoms with Gasteiger partial charge in [0.1, 0.15) is 5.82 Å². The molecular weight excluding hydrogens is 348 g/mol. The first-order valence-electron chi connectivity index (χ1n) is 9.02. The topological polar surface area (TPSA) is 66.9 Å². The van der Waals surface area contributed by atoms with Crippen LogP contribution in [0.5, 0.6) is 0 Å². The van der Waals surface area contributed by atoms with Crippen LogP contribution in [0.25, 0.3) is 11.3 Å². The third-order valence-electron chi connectivity index (χ3n) is 4.91.